The SMILES string of the molecule is C=C1C[C@H]2[C@@H]1[C@@H]1[C@H]3[C@@H]4CC[C@@H]4[C@H]3[C@H]21. The molecule has 0 aromatic rings. The lowest BCUT2D eigenvalue weighted by atomic mass is 9.21. The lowest BCUT2D eigenvalue weighted by Crippen LogP contribution is -2.79. The standard InChI is InChI=1S/C13H16/c1-5-4-8-9(5)13-11-7-3-2-6(7)10(11)12(8)13/h6-13H,1-4H2/t6-,7+,8-,9+,10+,11-,12-,13+/m0/s1. The van der Waals surface area contributed by atoms with Gasteiger partial charge in [0.05, 0.1) is 0 Å². The van der Waals surface area contributed by atoms with Crippen molar-refractivity contribution in [3.63, 3.8) is 0 Å². The fourth-order valence-corrected chi connectivity index (χ4v) is 5.93. The Morgan fingerprint density at radius 3 is 2.08 bits per heavy atom. The first kappa shape index (κ1) is 6.27. The molecule has 0 nitrogen and oxygen atoms in total. The van der Waals surface area contributed by atoms with Crippen molar-refractivity contribution in [3.8, 4) is 0 Å². The highest BCUT2D eigenvalue weighted by Gasteiger charge is 2.78. The lowest BCUT2D eigenvalue weighted by molar-refractivity contribution is -0.344. The van der Waals surface area contributed by atoms with E-state index in [1.807, 2.05) is 0 Å². The van der Waals surface area contributed by atoms with E-state index in [0.29, 0.717) is 0 Å². The topological polar surface area (TPSA) is 0 Å². The van der Waals surface area contributed by atoms with Crippen LogP contribution >= 0.6 is 0 Å². The van der Waals surface area contributed by atoms with Gasteiger partial charge in [0.25, 0.3) is 0 Å². The molecule has 0 radical (unpaired) electrons. The second-order valence-electron chi connectivity index (χ2n) is 6.27. The van der Waals surface area contributed by atoms with Gasteiger partial charge >= 0.3 is 0 Å². The molecule has 8 atom stereocenters. The highest BCUT2D eigenvalue weighted by atomic mass is 14.8. The van der Waals surface area contributed by atoms with Gasteiger partial charge in [-0.05, 0) is 66.6 Å². The number of fused-ring (bicyclic) bond motifs is 10. The Kier molecular flexibility index (Phi) is 0.738. The van der Waals surface area contributed by atoms with Crippen molar-refractivity contribution in [1.29, 1.82) is 0 Å². The molecule has 0 amide bonds. The third kappa shape index (κ3) is 0.400. The minimum Gasteiger partial charge on any atom is -0.0995 e. The molecule has 0 spiro atoms. The molecule has 5 saturated carbocycles. The maximum absolute atomic E-state index is 4.21. The maximum Gasteiger partial charge on any atom is -0.0137 e. The summed E-state index contributed by atoms with van der Waals surface area (Å²) in [4.78, 5) is 0. The molecule has 0 N–H and O–H groups in total. The zero-order valence-electron chi connectivity index (χ0n) is 7.95. The van der Waals surface area contributed by atoms with Crippen LogP contribution in [0.1, 0.15) is 19.3 Å². The first-order valence-electron chi connectivity index (χ1n) is 6.05. The van der Waals surface area contributed by atoms with Crippen molar-refractivity contribution in [1.82, 2.24) is 0 Å². The smallest absolute Gasteiger partial charge is 0.0137 e. The summed E-state index contributed by atoms with van der Waals surface area (Å²) in [6.07, 6.45) is 4.58. The molecule has 5 aliphatic carbocycles. The van der Waals surface area contributed by atoms with Crippen LogP contribution in [0.4, 0.5) is 0 Å². The molecule has 0 aromatic carbocycles. The van der Waals surface area contributed by atoms with E-state index in [1.165, 1.54) is 36.0 Å². The first-order valence-corrected chi connectivity index (χ1v) is 6.05. The van der Waals surface area contributed by atoms with E-state index in [0.717, 1.165) is 17.8 Å². The third-order valence-electron chi connectivity index (χ3n) is 6.49. The Bertz CT molecular complexity index is 323. The first-order chi connectivity index (χ1) is 6.38. The summed E-state index contributed by atoms with van der Waals surface area (Å²) in [5, 5.41) is 0. The second kappa shape index (κ2) is 1.53. The number of rotatable bonds is 0. The molecule has 13 heavy (non-hydrogen) atoms. The average Bonchev–Trinajstić information content (AvgIpc) is 2.05. The van der Waals surface area contributed by atoms with Crippen LogP contribution in [-0.2, 0) is 0 Å². The molecule has 0 heteroatoms. The highest BCUT2D eigenvalue weighted by molar-refractivity contribution is 5.35. The fourth-order valence-electron chi connectivity index (χ4n) is 5.93. The molecule has 5 fully saturated rings. The molecular formula is C13H16. The highest BCUT2D eigenvalue weighted by Crippen LogP contribution is 2.83. The summed E-state index contributed by atoms with van der Waals surface area (Å²) < 4.78 is 0. The molecule has 0 aliphatic heterocycles. The molecule has 0 bridgehead atoms. The van der Waals surface area contributed by atoms with Gasteiger partial charge in [-0.15, -0.1) is 0 Å². The van der Waals surface area contributed by atoms with Gasteiger partial charge < -0.3 is 0 Å². The second-order valence-corrected chi connectivity index (χ2v) is 6.27. The van der Waals surface area contributed by atoms with Gasteiger partial charge in [0, 0.05) is 0 Å². The van der Waals surface area contributed by atoms with Crippen LogP contribution in [0.5, 0.6) is 0 Å². The summed E-state index contributed by atoms with van der Waals surface area (Å²) in [5.74, 6) is 9.43. The Hall–Kier alpha value is -0.260. The van der Waals surface area contributed by atoms with Crippen molar-refractivity contribution in [2.45, 2.75) is 19.3 Å². The quantitative estimate of drug-likeness (QED) is 0.389. The molecule has 0 saturated heterocycles. The molecule has 5 aliphatic rings. The van der Waals surface area contributed by atoms with Gasteiger partial charge in [0.1, 0.15) is 0 Å². The zero-order valence-corrected chi connectivity index (χ0v) is 7.95. The monoisotopic (exact) mass is 172 g/mol. The Morgan fingerprint density at radius 2 is 1.46 bits per heavy atom. The largest absolute Gasteiger partial charge is 0.0995 e. The van der Waals surface area contributed by atoms with Crippen LogP contribution in [0, 0.1) is 47.3 Å². The number of allylic oxidation sites excluding steroid dienone is 1. The fraction of sp³-hybridized carbons (Fsp3) is 0.846. The van der Waals surface area contributed by atoms with Gasteiger partial charge in [-0.3, -0.25) is 0 Å². The zero-order chi connectivity index (χ0) is 8.32. The van der Waals surface area contributed by atoms with E-state index in [9.17, 15) is 0 Å². The van der Waals surface area contributed by atoms with Crippen molar-refractivity contribution >= 4 is 0 Å². The van der Waals surface area contributed by atoms with E-state index in [-0.39, 0.29) is 0 Å². The minimum absolute atomic E-state index is 1.03. The van der Waals surface area contributed by atoms with Gasteiger partial charge in [0.15, 0.2) is 0 Å². The summed E-state index contributed by atoms with van der Waals surface area (Å²) >= 11 is 0. The van der Waals surface area contributed by atoms with Crippen molar-refractivity contribution in [2.24, 2.45) is 47.3 Å². The van der Waals surface area contributed by atoms with E-state index in [2.05, 4.69) is 6.58 Å². The molecule has 0 heterocycles. The van der Waals surface area contributed by atoms with E-state index < -0.39 is 0 Å². The third-order valence-corrected chi connectivity index (χ3v) is 6.49. The lowest BCUT2D eigenvalue weighted by Gasteiger charge is -2.84. The van der Waals surface area contributed by atoms with Gasteiger partial charge in [-0.25, -0.2) is 0 Å². The van der Waals surface area contributed by atoms with Crippen LogP contribution in [-0.4, -0.2) is 0 Å². The molecule has 0 aromatic heterocycles. The Balaban J connectivity index is 1.52. The molecule has 5 rings (SSSR count). The summed E-state index contributed by atoms with van der Waals surface area (Å²) in [6, 6.07) is 0. The van der Waals surface area contributed by atoms with Crippen LogP contribution in [0.3, 0.4) is 0 Å². The number of hydrogen-bond acceptors (Lipinski definition) is 0. The van der Waals surface area contributed by atoms with E-state index in [4.69, 9.17) is 0 Å². The van der Waals surface area contributed by atoms with Crippen LogP contribution in [0.15, 0.2) is 12.2 Å². The van der Waals surface area contributed by atoms with E-state index >= 15 is 0 Å². The van der Waals surface area contributed by atoms with Crippen molar-refractivity contribution in [3.05, 3.63) is 12.2 Å². The molecular weight excluding hydrogens is 156 g/mol. The van der Waals surface area contributed by atoms with Crippen molar-refractivity contribution in [2.75, 3.05) is 0 Å². The van der Waals surface area contributed by atoms with Gasteiger partial charge in [0.2, 0.25) is 0 Å². The maximum atomic E-state index is 4.21. The normalized spacial score (nSPS) is 74.9. The summed E-state index contributed by atoms with van der Waals surface area (Å²) in [6.45, 7) is 4.21. The molecule has 0 unspecified atom stereocenters. The van der Waals surface area contributed by atoms with Gasteiger partial charge in [-0.2, -0.15) is 0 Å². The van der Waals surface area contributed by atoms with E-state index in [1.54, 1.807) is 18.4 Å². The van der Waals surface area contributed by atoms with Crippen molar-refractivity contribution < 1.29 is 0 Å². The van der Waals surface area contributed by atoms with Crippen LogP contribution in [0.2, 0.25) is 0 Å². The average molecular weight is 172 g/mol. The Labute approximate surface area is 79.4 Å². The van der Waals surface area contributed by atoms with Crippen LogP contribution in [0.25, 0.3) is 0 Å². The predicted octanol–water partition coefficient (Wildman–Crippen LogP) is 2.71. The predicted molar refractivity (Wildman–Crippen MR) is 50.9 cm³/mol. The summed E-state index contributed by atoms with van der Waals surface area (Å²) in [5.41, 5.74) is 1.62. The van der Waals surface area contributed by atoms with Gasteiger partial charge in [-0.1, -0.05) is 12.2 Å². The van der Waals surface area contributed by atoms with Crippen LogP contribution < -0.4 is 0 Å². The summed E-state index contributed by atoms with van der Waals surface area (Å²) in [7, 11) is 0. The number of hydrogen-bond donors (Lipinski definition) is 0. The minimum atomic E-state index is 1.03. The molecule has 68 valence electrons. The Morgan fingerprint density at radius 1 is 0.846 bits per heavy atom.